The van der Waals surface area contributed by atoms with Gasteiger partial charge in [0.2, 0.25) is 5.75 Å². The van der Waals surface area contributed by atoms with E-state index < -0.39 is 54.6 Å². The minimum absolute atomic E-state index is 0.0140. The zero-order chi connectivity index (χ0) is 27.1. The van der Waals surface area contributed by atoms with Crippen molar-refractivity contribution in [1.29, 1.82) is 0 Å². The molecule has 11 nitrogen and oxygen atoms in total. The second-order valence-corrected chi connectivity index (χ2v) is 10.2. The highest BCUT2D eigenvalue weighted by molar-refractivity contribution is 6.30. The Bertz CT molecular complexity index is 1200. The number of methoxy groups -OCH3 is 1. The summed E-state index contributed by atoms with van der Waals surface area (Å²) in [7, 11) is 1.27. The lowest BCUT2D eigenvalue weighted by Gasteiger charge is -2.45. The number of rotatable bonds is 6. The van der Waals surface area contributed by atoms with Gasteiger partial charge in [-0.25, -0.2) is 4.79 Å². The lowest BCUT2D eigenvalue weighted by Crippen LogP contribution is -2.58. The largest absolute Gasteiger partial charge is 0.504 e. The Morgan fingerprint density at radius 3 is 2.37 bits per heavy atom. The monoisotopic (exact) mass is 550 g/mol. The van der Waals surface area contributed by atoms with Gasteiger partial charge in [-0.1, -0.05) is 23.7 Å². The molecule has 5 atom stereocenters. The lowest BCUT2D eigenvalue weighted by atomic mass is 9.84. The summed E-state index contributed by atoms with van der Waals surface area (Å²) in [6.07, 6.45) is -6.75. The second kappa shape index (κ2) is 10.9. The van der Waals surface area contributed by atoms with Gasteiger partial charge in [0.15, 0.2) is 17.6 Å². The summed E-state index contributed by atoms with van der Waals surface area (Å²) in [4.78, 5) is 17.5. The smallest absolute Gasteiger partial charge is 0.339 e. The first-order valence-electron chi connectivity index (χ1n) is 12.4. The summed E-state index contributed by atoms with van der Waals surface area (Å²) in [5.41, 5.74) is 1.22. The number of carbonyl (C=O) groups is 1. The number of aromatic hydroxyl groups is 2. The number of halogens is 1. The van der Waals surface area contributed by atoms with E-state index in [-0.39, 0.29) is 29.0 Å². The quantitative estimate of drug-likeness (QED) is 0.324. The van der Waals surface area contributed by atoms with Gasteiger partial charge in [-0.2, -0.15) is 0 Å². The third-order valence-electron chi connectivity index (χ3n) is 7.49. The van der Waals surface area contributed by atoms with E-state index in [1.165, 1.54) is 7.11 Å². The van der Waals surface area contributed by atoms with Crippen LogP contribution in [0.4, 0.5) is 0 Å². The SMILES string of the molecule is COc1c(O)c(CN2CCN(Cc3cccc(Cl)c3)CC2)c2c(c1O)[C@@H]1O[C@H](CO)[C@@H](O)[C@H](O)[C@H]1OC2=O. The molecule has 0 radical (unpaired) electrons. The number of piperazine rings is 1. The molecule has 206 valence electrons. The van der Waals surface area contributed by atoms with E-state index in [0.29, 0.717) is 18.1 Å². The molecule has 0 saturated carbocycles. The summed E-state index contributed by atoms with van der Waals surface area (Å²) in [5, 5.41) is 53.2. The number of aliphatic hydroxyl groups is 3. The molecule has 0 bridgehead atoms. The summed E-state index contributed by atoms with van der Waals surface area (Å²) < 4.78 is 16.5. The van der Waals surface area contributed by atoms with Gasteiger partial charge in [0.1, 0.15) is 24.4 Å². The topological polar surface area (TPSA) is 152 Å². The van der Waals surface area contributed by atoms with Crippen LogP contribution in [0.1, 0.15) is 33.2 Å². The first kappa shape index (κ1) is 26.9. The summed E-state index contributed by atoms with van der Waals surface area (Å²) in [5.74, 6) is -2.03. The molecule has 0 amide bonds. The van der Waals surface area contributed by atoms with Crippen molar-refractivity contribution in [3.63, 3.8) is 0 Å². The Morgan fingerprint density at radius 1 is 1.05 bits per heavy atom. The molecular formula is C26H31ClN2O9. The van der Waals surface area contributed by atoms with Gasteiger partial charge >= 0.3 is 5.97 Å². The average molecular weight is 551 g/mol. The number of benzene rings is 2. The number of fused-ring (bicyclic) bond motifs is 3. The molecule has 3 aliphatic heterocycles. The number of hydrogen-bond acceptors (Lipinski definition) is 11. The third-order valence-corrected chi connectivity index (χ3v) is 7.72. The second-order valence-electron chi connectivity index (χ2n) is 9.81. The van der Waals surface area contributed by atoms with Crippen molar-refractivity contribution in [3.05, 3.63) is 51.5 Å². The molecule has 12 heteroatoms. The maximum Gasteiger partial charge on any atom is 0.339 e. The maximum absolute atomic E-state index is 13.2. The number of phenolic OH excluding ortho intramolecular Hbond substituents is 2. The van der Waals surface area contributed by atoms with Gasteiger partial charge in [-0.3, -0.25) is 9.80 Å². The molecule has 0 spiro atoms. The number of nitrogens with zero attached hydrogens (tertiary/aromatic N) is 2. The highest BCUT2D eigenvalue weighted by atomic mass is 35.5. The maximum atomic E-state index is 13.2. The van der Waals surface area contributed by atoms with E-state index in [9.17, 15) is 30.3 Å². The molecule has 2 aromatic rings. The van der Waals surface area contributed by atoms with Crippen molar-refractivity contribution in [2.45, 2.75) is 43.6 Å². The van der Waals surface area contributed by atoms with Gasteiger partial charge in [0, 0.05) is 55.4 Å². The molecule has 38 heavy (non-hydrogen) atoms. The van der Waals surface area contributed by atoms with Gasteiger partial charge in [-0.05, 0) is 17.7 Å². The van der Waals surface area contributed by atoms with Crippen LogP contribution < -0.4 is 4.74 Å². The molecule has 0 aliphatic carbocycles. The zero-order valence-electron chi connectivity index (χ0n) is 20.8. The third kappa shape index (κ3) is 4.79. The van der Waals surface area contributed by atoms with Crippen LogP contribution in [-0.2, 0) is 22.6 Å². The molecule has 2 saturated heterocycles. The highest BCUT2D eigenvalue weighted by Gasteiger charge is 2.53. The predicted octanol–water partition coefficient (Wildman–Crippen LogP) is 0.771. The Hall–Kier alpha value is -2.64. The van der Waals surface area contributed by atoms with Crippen molar-refractivity contribution in [1.82, 2.24) is 9.80 Å². The molecule has 2 fully saturated rings. The van der Waals surface area contributed by atoms with E-state index in [4.69, 9.17) is 25.8 Å². The summed E-state index contributed by atoms with van der Waals surface area (Å²) in [6, 6.07) is 7.71. The number of carbonyl (C=O) groups excluding carboxylic acids is 1. The van der Waals surface area contributed by atoms with Crippen LogP contribution in [0.5, 0.6) is 17.2 Å². The fourth-order valence-electron chi connectivity index (χ4n) is 5.49. The number of aliphatic hydroxyl groups excluding tert-OH is 3. The Labute approximate surface area is 224 Å². The standard InChI is InChI=1S/C26H31ClN2O9/c1-36-24-19(31)15(11-29-7-5-28(6-8-29)10-13-3-2-4-14(27)9-13)17-18(21(24)33)23-25(38-26(17)35)22(34)20(32)16(12-30)37-23/h2-4,9,16,20,22-23,25,30-34H,5-8,10-12H2,1H3/t16-,20-,22+,23+,25-/m1/s1. The van der Waals surface area contributed by atoms with Crippen molar-refractivity contribution in [2.24, 2.45) is 0 Å². The summed E-state index contributed by atoms with van der Waals surface area (Å²) >= 11 is 6.11. The van der Waals surface area contributed by atoms with Gasteiger partial charge in [-0.15, -0.1) is 0 Å². The van der Waals surface area contributed by atoms with Crippen LogP contribution in [0.15, 0.2) is 24.3 Å². The van der Waals surface area contributed by atoms with E-state index in [1.807, 2.05) is 24.3 Å². The predicted molar refractivity (Wildman–Crippen MR) is 134 cm³/mol. The highest BCUT2D eigenvalue weighted by Crippen LogP contribution is 2.52. The van der Waals surface area contributed by atoms with Crippen molar-refractivity contribution in [3.8, 4) is 17.2 Å². The van der Waals surface area contributed by atoms with E-state index in [1.54, 1.807) is 0 Å². The van der Waals surface area contributed by atoms with Gasteiger partial charge in [0.25, 0.3) is 0 Å². The number of phenols is 2. The number of esters is 1. The van der Waals surface area contributed by atoms with Crippen LogP contribution >= 0.6 is 11.6 Å². The van der Waals surface area contributed by atoms with Crippen molar-refractivity contribution in [2.75, 3.05) is 39.9 Å². The minimum atomic E-state index is -1.56. The molecular weight excluding hydrogens is 520 g/mol. The van der Waals surface area contributed by atoms with Crippen molar-refractivity contribution < 1.29 is 44.5 Å². The van der Waals surface area contributed by atoms with E-state index in [0.717, 1.165) is 25.2 Å². The minimum Gasteiger partial charge on any atom is -0.504 e. The van der Waals surface area contributed by atoms with Crippen molar-refractivity contribution >= 4 is 17.6 Å². The molecule has 2 aromatic carbocycles. The molecule has 3 aliphatic rings. The van der Waals surface area contributed by atoms with E-state index >= 15 is 0 Å². The van der Waals surface area contributed by atoms with Crippen LogP contribution in [-0.4, -0.2) is 106 Å². The van der Waals surface area contributed by atoms with Crippen LogP contribution in [0.2, 0.25) is 5.02 Å². The normalized spacial score (nSPS) is 27.9. The first-order chi connectivity index (χ1) is 18.2. The van der Waals surface area contributed by atoms with Crippen LogP contribution in [0.3, 0.4) is 0 Å². The Kier molecular flexibility index (Phi) is 7.70. The van der Waals surface area contributed by atoms with E-state index in [2.05, 4.69) is 9.80 Å². The zero-order valence-corrected chi connectivity index (χ0v) is 21.5. The molecule has 3 heterocycles. The number of hydrogen-bond donors (Lipinski definition) is 5. The Morgan fingerprint density at radius 2 is 1.74 bits per heavy atom. The molecule has 0 unspecified atom stereocenters. The number of ether oxygens (including phenoxy) is 3. The lowest BCUT2D eigenvalue weighted by molar-refractivity contribution is -0.235. The van der Waals surface area contributed by atoms with Gasteiger partial charge < -0.3 is 39.7 Å². The Balaban J connectivity index is 1.42. The van der Waals surface area contributed by atoms with Crippen LogP contribution in [0, 0.1) is 0 Å². The molecule has 5 N–H and O–H groups in total. The van der Waals surface area contributed by atoms with Crippen LogP contribution in [0.25, 0.3) is 0 Å². The fraction of sp³-hybridized carbons (Fsp3) is 0.500. The molecule has 5 rings (SSSR count). The molecule has 0 aromatic heterocycles. The summed E-state index contributed by atoms with van der Waals surface area (Å²) in [6.45, 7) is 3.08. The average Bonchev–Trinajstić information content (AvgIpc) is 2.90. The fourth-order valence-corrected chi connectivity index (χ4v) is 5.70. The first-order valence-corrected chi connectivity index (χ1v) is 12.8. The van der Waals surface area contributed by atoms with Gasteiger partial charge in [0.05, 0.1) is 19.3 Å².